The average Bonchev–Trinajstić information content (AvgIpc) is 2.83. The number of nitrogens with zero attached hydrogens (tertiary/aromatic N) is 1. The van der Waals surface area contributed by atoms with Crippen molar-refractivity contribution in [3.63, 3.8) is 0 Å². The maximum atomic E-state index is 11.6. The third-order valence-corrected chi connectivity index (χ3v) is 6.91. The Balaban J connectivity index is 0.00000312. The SMILES string of the molecule is C=C(C)CN=C(NCC1CCS(=O)(=O)C1)NC1CCC(C)(C)CC1.I. The van der Waals surface area contributed by atoms with Gasteiger partial charge < -0.3 is 10.6 Å². The van der Waals surface area contributed by atoms with Crippen LogP contribution in [-0.4, -0.2) is 45.0 Å². The van der Waals surface area contributed by atoms with Gasteiger partial charge >= 0.3 is 0 Å². The van der Waals surface area contributed by atoms with Crippen molar-refractivity contribution in [2.75, 3.05) is 24.6 Å². The summed E-state index contributed by atoms with van der Waals surface area (Å²) >= 11 is 0. The molecule has 2 N–H and O–H groups in total. The van der Waals surface area contributed by atoms with Crippen molar-refractivity contribution in [2.24, 2.45) is 16.3 Å². The maximum Gasteiger partial charge on any atom is 0.191 e. The number of sulfone groups is 1. The molecule has 1 unspecified atom stereocenters. The number of rotatable bonds is 5. The van der Waals surface area contributed by atoms with E-state index < -0.39 is 9.84 Å². The first kappa shape index (κ1) is 22.7. The van der Waals surface area contributed by atoms with Gasteiger partial charge in [0.05, 0.1) is 18.1 Å². The highest BCUT2D eigenvalue weighted by Crippen LogP contribution is 2.34. The average molecular weight is 483 g/mol. The molecule has 1 atom stereocenters. The molecule has 0 radical (unpaired) electrons. The van der Waals surface area contributed by atoms with E-state index >= 15 is 0 Å². The van der Waals surface area contributed by atoms with Crippen LogP contribution >= 0.6 is 24.0 Å². The molecule has 1 saturated heterocycles. The molecule has 0 aromatic heterocycles. The van der Waals surface area contributed by atoms with E-state index in [0.29, 0.717) is 36.1 Å². The van der Waals surface area contributed by atoms with Crippen molar-refractivity contribution in [1.29, 1.82) is 0 Å². The maximum absolute atomic E-state index is 11.6. The molecule has 2 fully saturated rings. The molecule has 0 aromatic carbocycles. The summed E-state index contributed by atoms with van der Waals surface area (Å²) in [4.78, 5) is 4.60. The number of hydrogen-bond acceptors (Lipinski definition) is 3. The van der Waals surface area contributed by atoms with Gasteiger partial charge in [0.25, 0.3) is 0 Å². The number of guanidine groups is 1. The van der Waals surface area contributed by atoms with Crippen molar-refractivity contribution < 1.29 is 8.42 Å². The normalized spacial score (nSPS) is 25.9. The zero-order valence-electron chi connectivity index (χ0n) is 15.8. The molecule has 0 amide bonds. The summed E-state index contributed by atoms with van der Waals surface area (Å²) < 4.78 is 23.2. The number of halogens is 1. The lowest BCUT2D eigenvalue weighted by molar-refractivity contribution is 0.216. The Morgan fingerprint density at radius 2 is 1.88 bits per heavy atom. The standard InChI is InChI=1S/C18H33N3O2S.HI/c1-14(2)11-19-17(20-12-15-7-10-24(22,23)13-15)21-16-5-8-18(3,4)9-6-16;/h15-16H,1,5-13H2,2-4H3,(H2,19,20,21);1H. The van der Waals surface area contributed by atoms with Crippen LogP contribution in [0.2, 0.25) is 0 Å². The summed E-state index contributed by atoms with van der Waals surface area (Å²) in [6.07, 6.45) is 5.50. The van der Waals surface area contributed by atoms with Crippen LogP contribution in [0.25, 0.3) is 0 Å². The summed E-state index contributed by atoms with van der Waals surface area (Å²) in [6, 6.07) is 0.446. The van der Waals surface area contributed by atoms with Gasteiger partial charge in [-0.25, -0.2) is 13.4 Å². The van der Waals surface area contributed by atoms with Crippen LogP contribution in [0, 0.1) is 11.3 Å². The van der Waals surface area contributed by atoms with Gasteiger partial charge in [0.2, 0.25) is 0 Å². The molecular formula is C18H34IN3O2S. The summed E-state index contributed by atoms with van der Waals surface area (Å²) in [5.74, 6) is 1.61. The van der Waals surface area contributed by atoms with E-state index in [2.05, 4.69) is 36.1 Å². The minimum atomic E-state index is -2.82. The quantitative estimate of drug-likeness (QED) is 0.273. The van der Waals surface area contributed by atoms with Crippen LogP contribution in [0.5, 0.6) is 0 Å². The second-order valence-electron chi connectivity index (χ2n) is 8.35. The van der Waals surface area contributed by atoms with Crippen LogP contribution < -0.4 is 10.6 Å². The van der Waals surface area contributed by atoms with E-state index in [-0.39, 0.29) is 29.9 Å². The smallest absolute Gasteiger partial charge is 0.191 e. The van der Waals surface area contributed by atoms with Crippen LogP contribution in [-0.2, 0) is 9.84 Å². The lowest BCUT2D eigenvalue weighted by Gasteiger charge is -2.35. The molecule has 5 nitrogen and oxygen atoms in total. The molecule has 1 saturated carbocycles. The molecule has 1 aliphatic heterocycles. The number of nitrogens with one attached hydrogen (secondary N) is 2. The fourth-order valence-corrected chi connectivity index (χ4v) is 5.24. The molecular weight excluding hydrogens is 449 g/mol. The molecule has 0 bridgehead atoms. The van der Waals surface area contributed by atoms with E-state index in [1.807, 2.05) is 6.92 Å². The lowest BCUT2D eigenvalue weighted by atomic mass is 9.75. The highest BCUT2D eigenvalue weighted by atomic mass is 127. The summed E-state index contributed by atoms with van der Waals surface area (Å²) in [5, 5.41) is 6.90. The first-order chi connectivity index (χ1) is 11.2. The Morgan fingerprint density at radius 3 is 2.40 bits per heavy atom. The lowest BCUT2D eigenvalue weighted by Crippen LogP contribution is -2.47. The number of hydrogen-bond donors (Lipinski definition) is 2. The van der Waals surface area contributed by atoms with Gasteiger partial charge in [0.15, 0.2) is 15.8 Å². The Labute approximate surface area is 170 Å². The van der Waals surface area contributed by atoms with Gasteiger partial charge in [-0.05, 0) is 50.4 Å². The topological polar surface area (TPSA) is 70.6 Å². The molecule has 146 valence electrons. The first-order valence-corrected chi connectivity index (χ1v) is 10.9. The molecule has 2 aliphatic rings. The zero-order valence-corrected chi connectivity index (χ0v) is 19.0. The fraction of sp³-hybridized carbons (Fsp3) is 0.833. The minimum absolute atomic E-state index is 0. The Kier molecular flexibility index (Phi) is 8.71. The molecule has 0 aromatic rings. The first-order valence-electron chi connectivity index (χ1n) is 9.05. The van der Waals surface area contributed by atoms with Crippen molar-refractivity contribution in [3.05, 3.63) is 12.2 Å². The van der Waals surface area contributed by atoms with Crippen LogP contribution in [0.1, 0.15) is 52.9 Å². The molecule has 1 heterocycles. The third kappa shape index (κ3) is 8.28. The van der Waals surface area contributed by atoms with E-state index in [1.165, 1.54) is 12.8 Å². The highest BCUT2D eigenvalue weighted by Gasteiger charge is 2.29. The summed E-state index contributed by atoms with van der Waals surface area (Å²) in [6.45, 7) is 11.8. The number of aliphatic imine (C=N–C) groups is 1. The van der Waals surface area contributed by atoms with Crippen molar-refractivity contribution in [1.82, 2.24) is 10.6 Å². The predicted molar refractivity (Wildman–Crippen MR) is 116 cm³/mol. The minimum Gasteiger partial charge on any atom is -0.356 e. The highest BCUT2D eigenvalue weighted by molar-refractivity contribution is 14.0. The Bertz CT molecular complexity index is 577. The summed E-state index contributed by atoms with van der Waals surface area (Å²) in [7, 11) is -2.82. The second kappa shape index (κ2) is 9.58. The van der Waals surface area contributed by atoms with E-state index in [4.69, 9.17) is 0 Å². The third-order valence-electron chi connectivity index (χ3n) is 5.07. The van der Waals surface area contributed by atoms with E-state index in [0.717, 1.165) is 30.8 Å². The molecule has 2 rings (SSSR count). The van der Waals surface area contributed by atoms with Gasteiger partial charge in [-0.15, -0.1) is 24.0 Å². The van der Waals surface area contributed by atoms with Gasteiger partial charge in [0, 0.05) is 12.6 Å². The largest absolute Gasteiger partial charge is 0.356 e. The van der Waals surface area contributed by atoms with E-state index in [1.54, 1.807) is 0 Å². The van der Waals surface area contributed by atoms with Crippen LogP contribution in [0.4, 0.5) is 0 Å². The molecule has 25 heavy (non-hydrogen) atoms. The molecule has 1 aliphatic carbocycles. The second-order valence-corrected chi connectivity index (χ2v) is 10.6. The van der Waals surface area contributed by atoms with Gasteiger partial charge in [-0.1, -0.05) is 26.0 Å². The zero-order chi connectivity index (χ0) is 17.8. The van der Waals surface area contributed by atoms with Gasteiger partial charge in [-0.3, -0.25) is 0 Å². The van der Waals surface area contributed by atoms with Gasteiger partial charge in [-0.2, -0.15) is 0 Å². The Morgan fingerprint density at radius 1 is 1.24 bits per heavy atom. The summed E-state index contributed by atoms with van der Waals surface area (Å²) in [5.41, 5.74) is 1.46. The predicted octanol–water partition coefficient (Wildman–Crippen LogP) is 3.12. The van der Waals surface area contributed by atoms with Crippen LogP contribution in [0.3, 0.4) is 0 Å². The fourth-order valence-electron chi connectivity index (χ4n) is 3.38. The van der Waals surface area contributed by atoms with E-state index in [9.17, 15) is 8.42 Å². The molecule has 0 spiro atoms. The van der Waals surface area contributed by atoms with Crippen molar-refractivity contribution in [3.8, 4) is 0 Å². The Hall–Kier alpha value is -0.310. The monoisotopic (exact) mass is 483 g/mol. The van der Waals surface area contributed by atoms with Gasteiger partial charge in [0.1, 0.15) is 0 Å². The molecule has 7 heteroatoms. The van der Waals surface area contributed by atoms with Crippen molar-refractivity contribution in [2.45, 2.75) is 58.9 Å². The van der Waals surface area contributed by atoms with Crippen molar-refractivity contribution >= 4 is 39.8 Å². The van der Waals surface area contributed by atoms with Crippen LogP contribution in [0.15, 0.2) is 17.1 Å².